The lowest BCUT2D eigenvalue weighted by molar-refractivity contribution is 0.0601. The van der Waals surface area contributed by atoms with E-state index in [4.69, 9.17) is 27.9 Å². The first-order valence-corrected chi connectivity index (χ1v) is 11.1. The number of carbonyl (C=O) groups is 3. The van der Waals surface area contributed by atoms with Gasteiger partial charge in [0.05, 0.1) is 27.6 Å². The fraction of sp³-hybridized carbons (Fsp3) is 0.174. The molecule has 6 nitrogen and oxygen atoms in total. The average Bonchev–Trinajstić information content (AvgIpc) is 3.08. The Morgan fingerprint density at radius 3 is 2.28 bits per heavy atom. The predicted octanol–water partition coefficient (Wildman–Crippen LogP) is 6.27. The van der Waals surface area contributed by atoms with Gasteiger partial charge < -0.3 is 15.4 Å². The third kappa shape index (κ3) is 4.80. The molecule has 0 fully saturated rings. The maximum Gasteiger partial charge on any atom is 0.341 e. The predicted molar refractivity (Wildman–Crippen MR) is 129 cm³/mol. The van der Waals surface area contributed by atoms with Gasteiger partial charge in [0.15, 0.2) is 0 Å². The van der Waals surface area contributed by atoms with Crippen LogP contribution in [-0.4, -0.2) is 24.9 Å². The molecular weight excluding hydrogens is 471 g/mol. The third-order valence-electron chi connectivity index (χ3n) is 5.00. The number of methoxy groups -OCH3 is 1. The highest BCUT2D eigenvalue weighted by atomic mass is 35.5. The van der Waals surface area contributed by atoms with Crippen LogP contribution in [0.5, 0.6) is 0 Å². The number of amides is 2. The van der Waals surface area contributed by atoms with Crippen LogP contribution in [0.15, 0.2) is 36.4 Å². The highest BCUT2D eigenvalue weighted by molar-refractivity contribution is 7.19. The fourth-order valence-electron chi connectivity index (χ4n) is 3.04. The van der Waals surface area contributed by atoms with E-state index < -0.39 is 11.9 Å². The molecule has 3 rings (SSSR count). The van der Waals surface area contributed by atoms with Crippen LogP contribution in [0.4, 0.5) is 10.7 Å². The fourth-order valence-corrected chi connectivity index (χ4v) is 4.43. The lowest BCUT2D eigenvalue weighted by atomic mass is 10.1. The summed E-state index contributed by atoms with van der Waals surface area (Å²) >= 11 is 12.9. The largest absolute Gasteiger partial charge is 0.465 e. The van der Waals surface area contributed by atoms with Gasteiger partial charge in [-0.25, -0.2) is 4.79 Å². The number of benzene rings is 2. The van der Waals surface area contributed by atoms with Crippen LogP contribution in [0.3, 0.4) is 0 Å². The highest BCUT2D eigenvalue weighted by Gasteiger charge is 2.27. The highest BCUT2D eigenvalue weighted by Crippen LogP contribution is 2.35. The first-order valence-electron chi connectivity index (χ1n) is 9.49. The lowest BCUT2D eigenvalue weighted by Crippen LogP contribution is -2.14. The maximum atomic E-state index is 13.0. The van der Waals surface area contributed by atoms with Gasteiger partial charge in [-0.05, 0) is 61.7 Å². The molecule has 3 aromatic rings. The average molecular weight is 491 g/mol. The molecule has 0 spiro atoms. The molecule has 0 atom stereocenters. The summed E-state index contributed by atoms with van der Waals surface area (Å²) in [5.74, 6) is -1.55. The van der Waals surface area contributed by atoms with Gasteiger partial charge in [-0.2, -0.15) is 0 Å². The third-order valence-corrected chi connectivity index (χ3v) is 6.95. The zero-order chi connectivity index (χ0) is 23.6. The summed E-state index contributed by atoms with van der Waals surface area (Å²) in [5, 5.41) is 6.31. The molecule has 0 saturated carbocycles. The van der Waals surface area contributed by atoms with Gasteiger partial charge >= 0.3 is 5.97 Å². The number of esters is 1. The number of hydrogen-bond donors (Lipinski definition) is 2. The van der Waals surface area contributed by atoms with Crippen molar-refractivity contribution in [2.45, 2.75) is 20.8 Å². The summed E-state index contributed by atoms with van der Waals surface area (Å²) < 4.78 is 4.87. The number of ether oxygens (including phenoxy) is 1. The number of anilines is 2. The molecule has 1 heterocycles. The number of hydrogen-bond acceptors (Lipinski definition) is 5. The summed E-state index contributed by atoms with van der Waals surface area (Å²) in [6, 6.07) is 10.0. The Kier molecular flexibility index (Phi) is 7.23. The summed E-state index contributed by atoms with van der Waals surface area (Å²) in [4.78, 5) is 38.5. The van der Waals surface area contributed by atoms with Gasteiger partial charge in [-0.3, -0.25) is 9.59 Å². The Morgan fingerprint density at radius 2 is 1.62 bits per heavy atom. The van der Waals surface area contributed by atoms with Crippen molar-refractivity contribution < 1.29 is 19.1 Å². The topological polar surface area (TPSA) is 84.5 Å². The van der Waals surface area contributed by atoms with Crippen molar-refractivity contribution in [3.8, 4) is 0 Å². The molecule has 0 saturated heterocycles. The number of rotatable bonds is 5. The second kappa shape index (κ2) is 9.73. The number of nitrogens with one attached hydrogen (secondary N) is 2. The Bertz CT molecular complexity index is 1240. The summed E-state index contributed by atoms with van der Waals surface area (Å²) in [6.07, 6.45) is 0. The molecule has 0 radical (unpaired) electrons. The van der Waals surface area contributed by atoms with Gasteiger partial charge in [-0.15, -0.1) is 11.3 Å². The molecule has 32 heavy (non-hydrogen) atoms. The summed E-state index contributed by atoms with van der Waals surface area (Å²) in [6.45, 7) is 5.50. The Labute approximate surface area is 199 Å². The van der Waals surface area contributed by atoms with Crippen LogP contribution in [0.25, 0.3) is 0 Å². The minimum Gasteiger partial charge on any atom is -0.465 e. The van der Waals surface area contributed by atoms with Crippen LogP contribution < -0.4 is 10.6 Å². The minimum absolute atomic E-state index is 0.122. The second-order valence-electron chi connectivity index (χ2n) is 7.04. The van der Waals surface area contributed by atoms with E-state index in [-0.39, 0.29) is 31.9 Å². The maximum absolute atomic E-state index is 13.0. The zero-order valence-electron chi connectivity index (χ0n) is 17.8. The van der Waals surface area contributed by atoms with Crippen LogP contribution in [-0.2, 0) is 4.74 Å². The molecule has 0 bridgehead atoms. The minimum atomic E-state index is -0.658. The Balaban J connectivity index is 1.96. The first-order chi connectivity index (χ1) is 15.1. The van der Waals surface area contributed by atoms with Crippen LogP contribution in [0.2, 0.25) is 10.0 Å². The first kappa shape index (κ1) is 23.8. The molecule has 0 aliphatic heterocycles. The van der Waals surface area contributed by atoms with E-state index >= 15 is 0 Å². The van der Waals surface area contributed by atoms with Gasteiger partial charge in [0.1, 0.15) is 5.00 Å². The van der Waals surface area contributed by atoms with Crippen molar-refractivity contribution in [1.82, 2.24) is 0 Å². The molecule has 1 aromatic heterocycles. The van der Waals surface area contributed by atoms with E-state index in [1.54, 1.807) is 13.0 Å². The van der Waals surface area contributed by atoms with Crippen LogP contribution >= 0.6 is 34.5 Å². The zero-order valence-corrected chi connectivity index (χ0v) is 20.1. The smallest absolute Gasteiger partial charge is 0.341 e. The van der Waals surface area contributed by atoms with Crippen molar-refractivity contribution >= 4 is 63.0 Å². The van der Waals surface area contributed by atoms with Crippen molar-refractivity contribution in [1.29, 1.82) is 0 Å². The van der Waals surface area contributed by atoms with Gasteiger partial charge in [-0.1, -0.05) is 35.3 Å². The molecule has 2 amide bonds. The Hall–Kier alpha value is -2.87. The summed E-state index contributed by atoms with van der Waals surface area (Å²) in [5.41, 5.74) is 3.43. The SMILES string of the molecule is COC(=O)c1c(NC(=O)c2ccc(Cl)c(Cl)c2)sc(C(=O)Nc2cccc(C)c2C)c1C. The van der Waals surface area contributed by atoms with Crippen molar-refractivity contribution in [3.63, 3.8) is 0 Å². The van der Waals surface area contributed by atoms with E-state index in [1.165, 1.54) is 25.3 Å². The second-order valence-corrected chi connectivity index (χ2v) is 8.87. The quantitative estimate of drug-likeness (QED) is 0.412. The van der Waals surface area contributed by atoms with Crippen LogP contribution in [0, 0.1) is 20.8 Å². The number of carbonyl (C=O) groups excluding carboxylic acids is 3. The molecule has 166 valence electrons. The number of thiophene rings is 1. The molecular formula is C23H20Cl2N2O4S. The Morgan fingerprint density at radius 1 is 0.906 bits per heavy atom. The van der Waals surface area contributed by atoms with E-state index in [1.807, 2.05) is 26.0 Å². The number of aryl methyl sites for hydroxylation is 1. The van der Waals surface area contributed by atoms with E-state index in [2.05, 4.69) is 10.6 Å². The van der Waals surface area contributed by atoms with E-state index in [0.29, 0.717) is 16.3 Å². The molecule has 0 unspecified atom stereocenters. The molecule has 9 heteroatoms. The number of halogens is 2. The molecule has 0 aliphatic rings. The molecule has 2 aromatic carbocycles. The van der Waals surface area contributed by atoms with Crippen molar-refractivity contribution in [2.75, 3.05) is 17.7 Å². The normalized spacial score (nSPS) is 10.6. The van der Waals surface area contributed by atoms with E-state index in [0.717, 1.165) is 22.5 Å². The van der Waals surface area contributed by atoms with E-state index in [9.17, 15) is 14.4 Å². The lowest BCUT2D eigenvalue weighted by Gasteiger charge is -2.10. The van der Waals surface area contributed by atoms with Crippen molar-refractivity contribution in [2.24, 2.45) is 0 Å². The van der Waals surface area contributed by atoms with Gasteiger partial charge in [0.2, 0.25) is 0 Å². The molecule has 2 N–H and O–H groups in total. The molecule has 0 aliphatic carbocycles. The van der Waals surface area contributed by atoms with Gasteiger partial charge in [0.25, 0.3) is 11.8 Å². The standard InChI is InChI=1S/C23H20Cl2N2O4S/c1-11-6-5-7-17(12(11)2)26-21(29)19-13(3)18(23(30)31-4)22(32-19)27-20(28)14-8-9-15(24)16(25)10-14/h5-10H,1-4H3,(H,26,29)(H,27,28). The van der Waals surface area contributed by atoms with Gasteiger partial charge in [0, 0.05) is 11.3 Å². The monoisotopic (exact) mass is 490 g/mol. The van der Waals surface area contributed by atoms with Crippen LogP contribution in [0.1, 0.15) is 47.1 Å². The van der Waals surface area contributed by atoms with Crippen molar-refractivity contribution in [3.05, 3.63) is 79.1 Å². The summed E-state index contributed by atoms with van der Waals surface area (Å²) in [7, 11) is 1.24.